The lowest BCUT2D eigenvalue weighted by Gasteiger charge is -1.86. The van der Waals surface area contributed by atoms with Gasteiger partial charge in [-0.25, -0.2) is 0 Å². The van der Waals surface area contributed by atoms with Crippen LogP contribution in [-0.2, 0) is 0 Å². The summed E-state index contributed by atoms with van der Waals surface area (Å²) in [7, 11) is 0. The normalized spacial score (nSPS) is 7.67. The molecule has 0 unspecified atom stereocenters. The molecular weight excluding hydrogens is 112 g/mol. The minimum atomic E-state index is 0.970. The smallest absolute Gasteiger partial charge is 0.295 e. The van der Waals surface area contributed by atoms with Gasteiger partial charge in [-0.15, -0.1) is 4.79 Å². The lowest BCUT2D eigenvalue weighted by molar-refractivity contribution is 0.00784. The number of allylic oxidation sites excluding steroid dienone is 1. The molecule has 0 aliphatic rings. The summed E-state index contributed by atoms with van der Waals surface area (Å²) in [6.45, 7) is 2.16. The van der Waals surface area contributed by atoms with Crippen LogP contribution in [0.15, 0.2) is 6.08 Å². The van der Waals surface area contributed by atoms with E-state index in [-0.39, 0.29) is 0 Å². The van der Waals surface area contributed by atoms with E-state index < -0.39 is 0 Å². The summed E-state index contributed by atoms with van der Waals surface area (Å²) in [5.41, 5.74) is 7.91. The van der Waals surface area contributed by atoms with Crippen molar-refractivity contribution in [2.45, 2.75) is 32.6 Å². The number of rotatable bonds is 4. The first-order valence-electron chi connectivity index (χ1n) is 3.33. The standard InChI is InChI=1S/C7H12N2/c1-2-3-4-5-6-7-9-8/h6H,2-5H2,1H3. The van der Waals surface area contributed by atoms with E-state index in [2.05, 4.69) is 17.6 Å². The van der Waals surface area contributed by atoms with Gasteiger partial charge in [-0.1, -0.05) is 19.8 Å². The van der Waals surface area contributed by atoms with Crippen LogP contribution in [0.1, 0.15) is 32.6 Å². The number of unbranched alkanes of at least 4 members (excludes halogenated alkanes) is 3. The first-order chi connectivity index (χ1) is 4.41. The average Bonchev–Trinajstić information content (AvgIpc) is 1.89. The summed E-state index contributed by atoms with van der Waals surface area (Å²) in [4.78, 5) is 2.73. The van der Waals surface area contributed by atoms with Gasteiger partial charge in [-0.3, -0.25) is 0 Å². The van der Waals surface area contributed by atoms with Crippen LogP contribution in [0.3, 0.4) is 0 Å². The van der Waals surface area contributed by atoms with Gasteiger partial charge in [-0.2, -0.15) is 0 Å². The van der Waals surface area contributed by atoms with Gasteiger partial charge in [0.25, 0.3) is 5.87 Å². The zero-order chi connectivity index (χ0) is 6.95. The largest absolute Gasteiger partial charge is 0.348 e. The monoisotopic (exact) mass is 124 g/mol. The molecule has 0 aliphatic carbocycles. The number of hydrogen-bond acceptors (Lipinski definition) is 0. The van der Waals surface area contributed by atoms with E-state index in [1.54, 1.807) is 6.08 Å². The van der Waals surface area contributed by atoms with Crippen LogP contribution in [0.2, 0.25) is 0 Å². The number of hydrogen-bond donors (Lipinski definition) is 0. The third kappa shape index (κ3) is 7.16. The van der Waals surface area contributed by atoms with Crippen LogP contribution in [-0.4, -0.2) is 10.7 Å². The van der Waals surface area contributed by atoms with Crippen LogP contribution in [0.5, 0.6) is 0 Å². The second-order valence-corrected chi connectivity index (χ2v) is 1.93. The Morgan fingerprint density at radius 3 is 2.89 bits per heavy atom. The lowest BCUT2D eigenvalue weighted by Crippen LogP contribution is -1.70. The predicted octanol–water partition coefficient (Wildman–Crippen LogP) is 2.02. The maximum Gasteiger partial charge on any atom is 0.295 e. The summed E-state index contributed by atoms with van der Waals surface area (Å²) in [6, 6.07) is 0. The molecule has 0 aromatic rings. The van der Waals surface area contributed by atoms with E-state index >= 15 is 0 Å². The van der Waals surface area contributed by atoms with Gasteiger partial charge in [0.1, 0.15) is 0 Å². The topological polar surface area (TPSA) is 36.4 Å². The predicted molar refractivity (Wildman–Crippen MR) is 37.3 cm³/mol. The summed E-state index contributed by atoms with van der Waals surface area (Å²) >= 11 is 0. The van der Waals surface area contributed by atoms with Crippen molar-refractivity contribution in [1.82, 2.24) is 0 Å². The molecule has 0 bridgehead atoms. The molecule has 0 aromatic heterocycles. The number of nitrogens with zero attached hydrogens (tertiary/aromatic N) is 2. The average molecular weight is 124 g/mol. The van der Waals surface area contributed by atoms with Crippen molar-refractivity contribution < 1.29 is 4.79 Å². The first-order valence-corrected chi connectivity index (χ1v) is 3.33. The molecular formula is C7H12N2. The highest BCUT2D eigenvalue weighted by atomic mass is 14.8. The molecule has 2 nitrogen and oxygen atoms in total. The molecule has 0 fully saturated rings. The maximum absolute atomic E-state index is 7.91. The zero-order valence-corrected chi connectivity index (χ0v) is 5.80. The Morgan fingerprint density at radius 2 is 2.33 bits per heavy atom. The lowest BCUT2D eigenvalue weighted by atomic mass is 10.2. The highest BCUT2D eigenvalue weighted by molar-refractivity contribution is 5.44. The van der Waals surface area contributed by atoms with Crippen molar-refractivity contribution >= 4 is 5.87 Å². The second-order valence-electron chi connectivity index (χ2n) is 1.93. The van der Waals surface area contributed by atoms with E-state index in [0.29, 0.717) is 0 Å². The van der Waals surface area contributed by atoms with Crippen LogP contribution in [0.4, 0.5) is 0 Å². The fraction of sp³-hybridized carbons (Fsp3) is 0.714. The van der Waals surface area contributed by atoms with Crippen molar-refractivity contribution in [3.63, 3.8) is 0 Å². The van der Waals surface area contributed by atoms with Crippen LogP contribution in [0, 0.1) is 0 Å². The molecule has 2 heteroatoms. The molecule has 0 spiro atoms. The van der Waals surface area contributed by atoms with Crippen molar-refractivity contribution in [1.29, 1.82) is 0 Å². The molecule has 0 radical (unpaired) electrons. The zero-order valence-electron chi connectivity index (χ0n) is 5.80. The molecule has 0 saturated carbocycles. The summed E-state index contributed by atoms with van der Waals surface area (Å²) < 4.78 is 0. The van der Waals surface area contributed by atoms with Gasteiger partial charge in [0.05, 0.1) is 0 Å². The molecule has 0 saturated heterocycles. The third-order valence-corrected chi connectivity index (χ3v) is 1.10. The Bertz CT molecular complexity index is 128. The summed E-state index contributed by atoms with van der Waals surface area (Å²) in [6.07, 6.45) is 6.35. The quantitative estimate of drug-likeness (QED) is 0.238. The van der Waals surface area contributed by atoms with Crippen molar-refractivity contribution in [2.24, 2.45) is 0 Å². The van der Waals surface area contributed by atoms with Gasteiger partial charge in [0, 0.05) is 6.08 Å². The van der Waals surface area contributed by atoms with Crippen LogP contribution >= 0.6 is 0 Å². The first kappa shape index (κ1) is 8.16. The highest BCUT2D eigenvalue weighted by Gasteiger charge is 1.80. The van der Waals surface area contributed by atoms with E-state index in [0.717, 1.165) is 6.42 Å². The molecule has 0 amide bonds. The molecule has 50 valence electrons. The molecule has 0 aromatic carbocycles. The van der Waals surface area contributed by atoms with Gasteiger partial charge >= 0.3 is 0 Å². The summed E-state index contributed by atoms with van der Waals surface area (Å²) in [5.74, 6) is 2.36. The van der Waals surface area contributed by atoms with Crippen LogP contribution in [0.25, 0.3) is 5.53 Å². The van der Waals surface area contributed by atoms with Gasteiger partial charge < -0.3 is 5.53 Å². The van der Waals surface area contributed by atoms with Crippen molar-refractivity contribution in [2.75, 3.05) is 0 Å². The fourth-order valence-corrected chi connectivity index (χ4v) is 0.602. The fourth-order valence-electron chi connectivity index (χ4n) is 0.602. The highest BCUT2D eigenvalue weighted by Crippen LogP contribution is 1.97. The van der Waals surface area contributed by atoms with Crippen molar-refractivity contribution in [3.8, 4) is 0 Å². The van der Waals surface area contributed by atoms with Gasteiger partial charge in [0.2, 0.25) is 0 Å². The van der Waals surface area contributed by atoms with E-state index in [1.807, 2.05) is 0 Å². The summed E-state index contributed by atoms with van der Waals surface area (Å²) in [5, 5.41) is 0. The molecule has 0 atom stereocenters. The minimum Gasteiger partial charge on any atom is -0.348 e. The Balaban J connectivity index is 3.09. The molecule has 0 heterocycles. The molecule has 0 rings (SSSR count). The van der Waals surface area contributed by atoms with E-state index in [1.165, 1.54) is 19.3 Å². The Kier molecular flexibility index (Phi) is 6.49. The second kappa shape index (κ2) is 7.16. The van der Waals surface area contributed by atoms with Gasteiger partial charge in [-0.05, 0) is 12.8 Å². The molecule has 0 aliphatic heterocycles. The maximum atomic E-state index is 7.91. The van der Waals surface area contributed by atoms with Gasteiger partial charge in [0.15, 0.2) is 0 Å². The Hall–Kier alpha value is -0.840. The molecule has 0 N–H and O–H groups in total. The van der Waals surface area contributed by atoms with E-state index in [9.17, 15) is 0 Å². The third-order valence-electron chi connectivity index (χ3n) is 1.10. The van der Waals surface area contributed by atoms with Crippen molar-refractivity contribution in [3.05, 3.63) is 11.6 Å². The van der Waals surface area contributed by atoms with Crippen LogP contribution < -0.4 is 0 Å². The molecule has 9 heavy (non-hydrogen) atoms. The Labute approximate surface area is 55.8 Å². The van der Waals surface area contributed by atoms with E-state index in [4.69, 9.17) is 5.53 Å². The Morgan fingerprint density at radius 1 is 1.56 bits per heavy atom. The minimum absolute atomic E-state index is 0.970. The SMILES string of the molecule is CCCCCC=C=[N+]=[N-].